The summed E-state index contributed by atoms with van der Waals surface area (Å²) in [5.74, 6) is 0. The first-order chi connectivity index (χ1) is 10.0. The third-order valence-corrected chi connectivity index (χ3v) is 4.58. The van der Waals surface area contributed by atoms with E-state index in [2.05, 4.69) is 4.90 Å². The van der Waals surface area contributed by atoms with Crippen molar-refractivity contribution < 1.29 is 9.84 Å². The predicted octanol–water partition coefficient (Wildman–Crippen LogP) is 2.46. The molecule has 3 unspecified atom stereocenters. The first kappa shape index (κ1) is 17.0. The van der Waals surface area contributed by atoms with E-state index in [1.165, 1.54) is 0 Å². The summed E-state index contributed by atoms with van der Waals surface area (Å²) >= 11 is 12.2. The van der Waals surface area contributed by atoms with E-state index in [-0.39, 0.29) is 24.9 Å². The molecule has 1 aromatic carbocycles. The molecule has 0 amide bonds. The van der Waals surface area contributed by atoms with Gasteiger partial charge in [0.25, 0.3) is 0 Å². The zero-order valence-electron chi connectivity index (χ0n) is 12.1. The lowest BCUT2D eigenvalue weighted by molar-refractivity contribution is -0.0954. The molecule has 1 aliphatic heterocycles. The highest BCUT2D eigenvalue weighted by atomic mass is 35.5. The van der Waals surface area contributed by atoms with Crippen molar-refractivity contribution in [3.63, 3.8) is 0 Å². The van der Waals surface area contributed by atoms with Crippen molar-refractivity contribution >= 4 is 23.2 Å². The monoisotopic (exact) mass is 332 g/mol. The Morgan fingerprint density at radius 1 is 1.43 bits per heavy atom. The molecule has 3 atom stereocenters. The highest BCUT2D eigenvalue weighted by Gasteiger charge is 2.25. The quantitative estimate of drug-likeness (QED) is 0.869. The van der Waals surface area contributed by atoms with E-state index in [1.54, 1.807) is 6.07 Å². The molecule has 1 saturated heterocycles. The number of rotatable bonds is 5. The van der Waals surface area contributed by atoms with Crippen molar-refractivity contribution in [1.29, 1.82) is 0 Å². The molecule has 1 fully saturated rings. The van der Waals surface area contributed by atoms with E-state index in [1.807, 2.05) is 19.1 Å². The molecule has 2 rings (SSSR count). The minimum atomic E-state index is -0.151. The normalized spacial score (nSPS) is 25.0. The van der Waals surface area contributed by atoms with Crippen molar-refractivity contribution in [1.82, 2.24) is 4.90 Å². The number of hydrogen-bond donors (Lipinski definition) is 2. The highest BCUT2D eigenvalue weighted by Crippen LogP contribution is 2.30. The number of nitrogens with zero attached hydrogens (tertiary/aromatic N) is 1. The lowest BCUT2D eigenvalue weighted by atomic mass is 10.0. The van der Waals surface area contributed by atoms with Crippen LogP contribution in [-0.2, 0) is 4.74 Å². The Balaban J connectivity index is 1.91. The van der Waals surface area contributed by atoms with Crippen LogP contribution < -0.4 is 5.73 Å². The Hall–Kier alpha value is -0.360. The second-order valence-electron chi connectivity index (χ2n) is 5.55. The van der Waals surface area contributed by atoms with E-state index >= 15 is 0 Å². The molecule has 6 heteroatoms. The summed E-state index contributed by atoms with van der Waals surface area (Å²) in [4.78, 5) is 2.27. The minimum absolute atomic E-state index is 0.0486. The summed E-state index contributed by atoms with van der Waals surface area (Å²) < 4.78 is 5.63. The molecule has 0 spiro atoms. The molecule has 3 N–H and O–H groups in total. The van der Waals surface area contributed by atoms with E-state index < -0.39 is 0 Å². The zero-order chi connectivity index (χ0) is 15.4. The van der Waals surface area contributed by atoms with Gasteiger partial charge in [-0.3, -0.25) is 4.90 Å². The summed E-state index contributed by atoms with van der Waals surface area (Å²) in [6.45, 7) is 4.49. The van der Waals surface area contributed by atoms with Gasteiger partial charge < -0.3 is 15.6 Å². The Morgan fingerprint density at radius 3 is 2.90 bits per heavy atom. The van der Waals surface area contributed by atoms with Crippen molar-refractivity contribution in [2.75, 3.05) is 26.2 Å². The molecule has 118 valence electrons. The van der Waals surface area contributed by atoms with Crippen LogP contribution in [-0.4, -0.2) is 48.5 Å². The summed E-state index contributed by atoms with van der Waals surface area (Å²) in [6, 6.07) is 5.39. The molecule has 0 aliphatic carbocycles. The van der Waals surface area contributed by atoms with Crippen molar-refractivity contribution in [3.8, 4) is 0 Å². The lowest BCUT2D eigenvalue weighted by Crippen LogP contribution is -2.48. The van der Waals surface area contributed by atoms with E-state index in [9.17, 15) is 5.11 Å². The third kappa shape index (κ3) is 4.55. The number of morpholine rings is 1. The van der Waals surface area contributed by atoms with Crippen LogP contribution in [0.5, 0.6) is 0 Å². The first-order valence-corrected chi connectivity index (χ1v) is 7.95. The van der Waals surface area contributed by atoms with Crippen LogP contribution in [0.25, 0.3) is 0 Å². The average Bonchev–Trinajstić information content (AvgIpc) is 2.47. The van der Waals surface area contributed by atoms with Gasteiger partial charge in [-0.15, -0.1) is 0 Å². The van der Waals surface area contributed by atoms with Gasteiger partial charge in [-0.25, -0.2) is 0 Å². The zero-order valence-corrected chi connectivity index (χ0v) is 13.6. The van der Waals surface area contributed by atoms with Gasteiger partial charge in [-0.1, -0.05) is 35.3 Å². The Morgan fingerprint density at radius 2 is 2.19 bits per heavy atom. The Labute approximate surface area is 135 Å². The van der Waals surface area contributed by atoms with Crippen LogP contribution in [0, 0.1) is 0 Å². The van der Waals surface area contributed by atoms with Crippen LogP contribution in [0.4, 0.5) is 0 Å². The number of ether oxygens (including phenoxy) is 1. The molecular formula is C15H22Cl2N2O2. The SMILES string of the molecule is CC1CN(CCC(N)c2cccc(Cl)c2Cl)CC(CO)O1. The number of hydrogen-bond acceptors (Lipinski definition) is 4. The second-order valence-corrected chi connectivity index (χ2v) is 6.33. The van der Waals surface area contributed by atoms with Gasteiger partial charge in [0.15, 0.2) is 0 Å². The van der Waals surface area contributed by atoms with E-state index in [0.717, 1.165) is 31.6 Å². The molecule has 0 bridgehead atoms. The number of benzene rings is 1. The van der Waals surface area contributed by atoms with Crippen molar-refractivity contribution in [2.45, 2.75) is 31.6 Å². The largest absolute Gasteiger partial charge is 0.394 e. The summed E-state index contributed by atoms with van der Waals surface area (Å²) in [6.07, 6.45) is 0.798. The molecule has 0 saturated carbocycles. The van der Waals surface area contributed by atoms with Crippen LogP contribution in [0.15, 0.2) is 18.2 Å². The van der Waals surface area contributed by atoms with Gasteiger partial charge in [0.05, 0.1) is 28.9 Å². The topological polar surface area (TPSA) is 58.7 Å². The summed E-state index contributed by atoms with van der Waals surface area (Å²) in [5, 5.41) is 10.3. The Kier molecular flexibility index (Phi) is 6.29. The van der Waals surface area contributed by atoms with Crippen LogP contribution in [0.3, 0.4) is 0 Å². The van der Waals surface area contributed by atoms with Gasteiger partial charge >= 0.3 is 0 Å². The third-order valence-electron chi connectivity index (χ3n) is 3.74. The van der Waals surface area contributed by atoms with Gasteiger partial charge in [0.2, 0.25) is 0 Å². The fraction of sp³-hybridized carbons (Fsp3) is 0.600. The molecule has 0 radical (unpaired) electrons. The number of aliphatic hydroxyl groups excluding tert-OH is 1. The molecule has 0 aromatic heterocycles. The highest BCUT2D eigenvalue weighted by molar-refractivity contribution is 6.42. The van der Waals surface area contributed by atoms with E-state index in [0.29, 0.717) is 10.0 Å². The maximum Gasteiger partial charge on any atom is 0.0936 e. The number of nitrogens with two attached hydrogens (primary N) is 1. The van der Waals surface area contributed by atoms with Crippen LogP contribution in [0.1, 0.15) is 24.9 Å². The molecule has 1 aliphatic rings. The van der Waals surface area contributed by atoms with Crippen LogP contribution in [0.2, 0.25) is 10.0 Å². The Bertz CT molecular complexity index is 473. The smallest absolute Gasteiger partial charge is 0.0936 e. The summed E-state index contributed by atoms with van der Waals surface area (Å²) in [7, 11) is 0. The van der Waals surface area contributed by atoms with Gasteiger partial charge in [-0.2, -0.15) is 0 Å². The van der Waals surface area contributed by atoms with Gasteiger partial charge in [0.1, 0.15) is 0 Å². The summed E-state index contributed by atoms with van der Waals surface area (Å²) in [5.41, 5.74) is 7.11. The van der Waals surface area contributed by atoms with Gasteiger partial charge in [-0.05, 0) is 25.0 Å². The fourth-order valence-corrected chi connectivity index (χ4v) is 3.16. The van der Waals surface area contributed by atoms with Gasteiger partial charge in [0, 0.05) is 25.7 Å². The maximum absolute atomic E-state index is 9.24. The average molecular weight is 333 g/mol. The standard InChI is InChI=1S/C15H22Cl2N2O2/c1-10-7-19(8-11(9-20)21-10)6-5-14(18)12-3-2-4-13(16)15(12)17/h2-4,10-11,14,20H,5-9,18H2,1H3. The van der Waals surface area contributed by atoms with Crippen molar-refractivity contribution in [3.05, 3.63) is 33.8 Å². The maximum atomic E-state index is 9.24. The number of halogens is 2. The van der Waals surface area contributed by atoms with E-state index in [4.69, 9.17) is 33.7 Å². The molecule has 4 nitrogen and oxygen atoms in total. The number of aliphatic hydroxyl groups is 1. The lowest BCUT2D eigenvalue weighted by Gasteiger charge is -2.36. The fourth-order valence-electron chi connectivity index (χ4n) is 2.71. The molecular weight excluding hydrogens is 311 g/mol. The second kappa shape index (κ2) is 7.77. The van der Waals surface area contributed by atoms with Crippen LogP contribution >= 0.6 is 23.2 Å². The molecule has 21 heavy (non-hydrogen) atoms. The molecule has 1 heterocycles. The molecule has 1 aromatic rings. The van der Waals surface area contributed by atoms with Crippen molar-refractivity contribution in [2.24, 2.45) is 5.73 Å². The minimum Gasteiger partial charge on any atom is -0.394 e. The first-order valence-electron chi connectivity index (χ1n) is 7.19. The predicted molar refractivity (Wildman–Crippen MR) is 85.9 cm³/mol.